The predicted molar refractivity (Wildman–Crippen MR) is 134 cm³/mol. The molecule has 1 aliphatic rings. The summed E-state index contributed by atoms with van der Waals surface area (Å²) in [6.07, 6.45) is 5.45. The lowest BCUT2D eigenvalue weighted by Crippen LogP contribution is -2.40. The Bertz CT molecular complexity index is 1360. The molecule has 4 aromatic rings. The van der Waals surface area contributed by atoms with Crippen molar-refractivity contribution in [3.63, 3.8) is 0 Å². The van der Waals surface area contributed by atoms with E-state index in [1.54, 1.807) is 6.20 Å². The molecule has 0 radical (unpaired) electrons. The first-order valence-corrected chi connectivity index (χ1v) is 12.0. The van der Waals surface area contributed by atoms with Gasteiger partial charge in [-0.05, 0) is 43.2 Å². The number of pyridine rings is 1. The molecule has 1 fully saturated rings. The van der Waals surface area contributed by atoms with Crippen LogP contribution in [0.15, 0.2) is 48.9 Å². The van der Waals surface area contributed by atoms with Gasteiger partial charge in [0.15, 0.2) is 5.65 Å². The van der Waals surface area contributed by atoms with Crippen molar-refractivity contribution in [3.05, 3.63) is 59.6 Å². The van der Waals surface area contributed by atoms with Crippen LogP contribution in [0.1, 0.15) is 37.9 Å². The summed E-state index contributed by atoms with van der Waals surface area (Å²) in [5.74, 6) is 1.05. The standard InChI is InChI=1S/C25H26ClN7O2/c1-2-21(34)32-11-5-7-18(13-32)33-25-22(24(27)29-15-30-25)23(31-33)16-8-9-20(19(26)12-16)35-14-17-6-3-4-10-28-17/h3-4,6,8-10,12,15,18H,2,5,7,11,13-14H2,1H3,(H2,27,29,30)/t18-/m1/s1. The van der Waals surface area contributed by atoms with Crippen molar-refractivity contribution < 1.29 is 9.53 Å². The van der Waals surface area contributed by atoms with E-state index in [0.29, 0.717) is 52.9 Å². The maximum atomic E-state index is 12.3. The molecule has 1 saturated heterocycles. The molecule has 180 valence electrons. The number of likely N-dealkylation sites (tertiary alicyclic amines) is 1. The van der Waals surface area contributed by atoms with Crippen molar-refractivity contribution >= 4 is 34.4 Å². The maximum absolute atomic E-state index is 12.3. The first-order chi connectivity index (χ1) is 17.0. The minimum atomic E-state index is 0.00116. The Kier molecular flexibility index (Phi) is 6.50. The normalized spacial score (nSPS) is 15.9. The minimum absolute atomic E-state index is 0.00116. The summed E-state index contributed by atoms with van der Waals surface area (Å²) >= 11 is 6.58. The van der Waals surface area contributed by atoms with E-state index >= 15 is 0 Å². The van der Waals surface area contributed by atoms with Crippen LogP contribution in [0.25, 0.3) is 22.3 Å². The fourth-order valence-corrected chi connectivity index (χ4v) is 4.69. The van der Waals surface area contributed by atoms with Crippen molar-refractivity contribution in [2.45, 2.75) is 38.8 Å². The molecule has 2 N–H and O–H groups in total. The van der Waals surface area contributed by atoms with Crippen LogP contribution >= 0.6 is 11.6 Å². The lowest BCUT2D eigenvalue weighted by molar-refractivity contribution is -0.132. The first kappa shape index (κ1) is 23.0. The Morgan fingerprint density at radius 3 is 2.89 bits per heavy atom. The number of halogens is 1. The summed E-state index contributed by atoms with van der Waals surface area (Å²) in [5.41, 5.74) is 9.17. The van der Waals surface area contributed by atoms with E-state index in [-0.39, 0.29) is 11.9 Å². The number of carbonyl (C=O) groups is 1. The zero-order chi connectivity index (χ0) is 24.4. The Balaban J connectivity index is 1.48. The molecule has 9 nitrogen and oxygen atoms in total. The molecule has 0 saturated carbocycles. The number of hydrogen-bond donors (Lipinski definition) is 1. The van der Waals surface area contributed by atoms with E-state index in [1.807, 2.05) is 52.9 Å². The second-order valence-electron chi connectivity index (χ2n) is 8.50. The van der Waals surface area contributed by atoms with Gasteiger partial charge in [-0.1, -0.05) is 24.6 Å². The van der Waals surface area contributed by atoms with Crippen LogP contribution in [0.3, 0.4) is 0 Å². The molecule has 3 aromatic heterocycles. The number of fused-ring (bicyclic) bond motifs is 1. The molecule has 0 unspecified atom stereocenters. The van der Waals surface area contributed by atoms with Gasteiger partial charge >= 0.3 is 0 Å². The summed E-state index contributed by atoms with van der Waals surface area (Å²) in [6, 6.07) is 11.2. The second kappa shape index (κ2) is 9.87. The molecule has 0 spiro atoms. The number of aromatic nitrogens is 5. The summed E-state index contributed by atoms with van der Waals surface area (Å²) in [7, 11) is 0. The average molecular weight is 492 g/mol. The highest BCUT2D eigenvalue weighted by molar-refractivity contribution is 6.32. The number of piperidine rings is 1. The number of nitrogen functional groups attached to an aromatic ring is 1. The Hall–Kier alpha value is -3.72. The van der Waals surface area contributed by atoms with Gasteiger partial charge in [0.25, 0.3) is 0 Å². The van der Waals surface area contributed by atoms with Crippen LogP contribution in [0.4, 0.5) is 5.82 Å². The number of benzene rings is 1. The predicted octanol–water partition coefficient (Wildman–Crippen LogP) is 4.28. The van der Waals surface area contributed by atoms with Gasteiger partial charge < -0.3 is 15.4 Å². The van der Waals surface area contributed by atoms with Gasteiger partial charge in [-0.25, -0.2) is 14.6 Å². The molecule has 5 rings (SSSR count). The van der Waals surface area contributed by atoms with Gasteiger partial charge in [-0.15, -0.1) is 0 Å². The van der Waals surface area contributed by atoms with Crippen molar-refractivity contribution in [2.75, 3.05) is 18.8 Å². The zero-order valence-corrected chi connectivity index (χ0v) is 20.1. The highest BCUT2D eigenvalue weighted by Gasteiger charge is 2.28. The van der Waals surface area contributed by atoms with Crippen molar-refractivity contribution in [3.8, 4) is 17.0 Å². The van der Waals surface area contributed by atoms with Crippen molar-refractivity contribution in [1.82, 2.24) is 29.6 Å². The number of anilines is 1. The van der Waals surface area contributed by atoms with Gasteiger partial charge in [0.2, 0.25) is 5.91 Å². The average Bonchev–Trinajstić information content (AvgIpc) is 3.29. The van der Waals surface area contributed by atoms with Gasteiger partial charge in [0.05, 0.1) is 22.1 Å². The van der Waals surface area contributed by atoms with Crippen LogP contribution in [0.5, 0.6) is 5.75 Å². The Morgan fingerprint density at radius 1 is 1.23 bits per heavy atom. The van der Waals surface area contributed by atoms with Crippen molar-refractivity contribution in [1.29, 1.82) is 0 Å². The molecule has 0 aliphatic carbocycles. The number of ether oxygens (including phenoxy) is 1. The molecular weight excluding hydrogens is 466 g/mol. The number of carbonyl (C=O) groups excluding carboxylic acids is 1. The Labute approximate surface area is 207 Å². The van der Waals surface area contributed by atoms with E-state index in [0.717, 1.165) is 30.6 Å². The van der Waals surface area contributed by atoms with Crippen molar-refractivity contribution in [2.24, 2.45) is 0 Å². The smallest absolute Gasteiger partial charge is 0.222 e. The zero-order valence-electron chi connectivity index (χ0n) is 19.4. The number of nitrogens with zero attached hydrogens (tertiary/aromatic N) is 6. The van der Waals surface area contributed by atoms with Crippen LogP contribution in [-0.4, -0.2) is 48.6 Å². The number of rotatable bonds is 6. The SMILES string of the molecule is CCC(=O)N1CCC[C@@H](n2nc(-c3ccc(OCc4ccccn4)c(Cl)c3)c3c(N)ncnc32)C1. The van der Waals surface area contributed by atoms with Crippen LogP contribution in [0.2, 0.25) is 5.02 Å². The molecule has 1 aliphatic heterocycles. The van der Waals surface area contributed by atoms with E-state index in [1.165, 1.54) is 6.33 Å². The molecule has 1 amide bonds. The Morgan fingerprint density at radius 2 is 2.11 bits per heavy atom. The van der Waals surface area contributed by atoms with Crippen LogP contribution < -0.4 is 10.5 Å². The van der Waals surface area contributed by atoms with Crippen LogP contribution in [-0.2, 0) is 11.4 Å². The molecule has 4 heterocycles. The van der Waals surface area contributed by atoms with Crippen LogP contribution in [0, 0.1) is 0 Å². The van der Waals surface area contributed by atoms with E-state index in [2.05, 4.69) is 15.0 Å². The fourth-order valence-electron chi connectivity index (χ4n) is 4.46. The van der Waals surface area contributed by atoms with Gasteiger partial charge in [0.1, 0.15) is 30.2 Å². The third kappa shape index (κ3) is 4.64. The summed E-state index contributed by atoms with van der Waals surface area (Å²) in [5, 5.41) is 6.04. The molecule has 1 atom stereocenters. The summed E-state index contributed by atoms with van der Waals surface area (Å²) in [4.78, 5) is 27.2. The lowest BCUT2D eigenvalue weighted by atomic mass is 10.1. The molecular formula is C25H26ClN7O2. The quantitative estimate of drug-likeness (QED) is 0.428. The van der Waals surface area contributed by atoms with E-state index < -0.39 is 0 Å². The number of hydrogen-bond acceptors (Lipinski definition) is 7. The summed E-state index contributed by atoms with van der Waals surface area (Å²) in [6.45, 7) is 3.55. The topological polar surface area (TPSA) is 112 Å². The number of amides is 1. The monoisotopic (exact) mass is 491 g/mol. The second-order valence-corrected chi connectivity index (χ2v) is 8.90. The third-order valence-electron chi connectivity index (χ3n) is 6.22. The number of nitrogens with two attached hydrogens (primary N) is 1. The summed E-state index contributed by atoms with van der Waals surface area (Å²) < 4.78 is 7.75. The molecule has 1 aromatic carbocycles. The highest BCUT2D eigenvalue weighted by Crippen LogP contribution is 2.37. The highest BCUT2D eigenvalue weighted by atomic mass is 35.5. The van der Waals surface area contributed by atoms with E-state index in [4.69, 9.17) is 27.2 Å². The minimum Gasteiger partial charge on any atom is -0.486 e. The molecule has 10 heteroatoms. The molecule has 0 bridgehead atoms. The molecule has 35 heavy (non-hydrogen) atoms. The van der Waals surface area contributed by atoms with Gasteiger partial charge in [0, 0.05) is 31.3 Å². The maximum Gasteiger partial charge on any atom is 0.222 e. The fraction of sp³-hybridized carbons (Fsp3) is 0.320. The third-order valence-corrected chi connectivity index (χ3v) is 6.52. The van der Waals surface area contributed by atoms with Gasteiger partial charge in [-0.2, -0.15) is 5.10 Å². The largest absolute Gasteiger partial charge is 0.486 e. The lowest BCUT2D eigenvalue weighted by Gasteiger charge is -2.32. The van der Waals surface area contributed by atoms with E-state index in [9.17, 15) is 4.79 Å². The first-order valence-electron chi connectivity index (χ1n) is 11.6. The van der Waals surface area contributed by atoms with Gasteiger partial charge in [-0.3, -0.25) is 9.78 Å².